The highest BCUT2D eigenvalue weighted by Gasteiger charge is 2.18. The van der Waals surface area contributed by atoms with Crippen LogP contribution >= 0.6 is 0 Å². The number of likely N-dealkylation sites (N-methyl/N-ethyl adjacent to an activating group) is 2. The van der Waals surface area contributed by atoms with Gasteiger partial charge in [-0.25, -0.2) is 0 Å². The molecule has 3 heteroatoms. The molecule has 1 saturated heterocycles. The molecule has 1 fully saturated rings. The van der Waals surface area contributed by atoms with E-state index in [1.807, 2.05) is 0 Å². The van der Waals surface area contributed by atoms with Gasteiger partial charge in [0.2, 0.25) is 0 Å². The number of hydrogen-bond donors (Lipinski definition) is 1. The first-order valence-corrected chi connectivity index (χ1v) is 8.31. The van der Waals surface area contributed by atoms with Crippen molar-refractivity contribution in [1.82, 2.24) is 15.1 Å². The van der Waals surface area contributed by atoms with Gasteiger partial charge in [0.05, 0.1) is 0 Å². The lowest BCUT2D eigenvalue weighted by Crippen LogP contribution is -2.37. The number of nitrogens with one attached hydrogen (secondary N) is 1. The molecule has 0 saturated carbocycles. The molecular weight excluding hydrogens is 258 g/mol. The van der Waals surface area contributed by atoms with Gasteiger partial charge in [-0.3, -0.25) is 0 Å². The van der Waals surface area contributed by atoms with Gasteiger partial charge in [-0.2, -0.15) is 0 Å². The summed E-state index contributed by atoms with van der Waals surface area (Å²) in [5, 5.41) is 3.67. The molecule has 1 aromatic rings. The van der Waals surface area contributed by atoms with E-state index >= 15 is 0 Å². The van der Waals surface area contributed by atoms with Crippen molar-refractivity contribution in [2.75, 3.05) is 46.3 Å². The second-order valence-corrected chi connectivity index (χ2v) is 6.41. The molecule has 1 aliphatic rings. The van der Waals surface area contributed by atoms with Crippen LogP contribution in [0.3, 0.4) is 0 Å². The van der Waals surface area contributed by atoms with Crippen LogP contribution in [0.1, 0.15) is 36.1 Å². The quantitative estimate of drug-likeness (QED) is 0.899. The molecule has 1 atom stereocenters. The van der Waals surface area contributed by atoms with Crippen molar-refractivity contribution in [3.63, 3.8) is 0 Å². The Kier molecular flexibility index (Phi) is 6.22. The van der Waals surface area contributed by atoms with E-state index in [9.17, 15) is 0 Å². The molecule has 0 amide bonds. The molecule has 0 aliphatic carbocycles. The number of rotatable bonds is 5. The first kappa shape index (κ1) is 16.5. The zero-order valence-electron chi connectivity index (χ0n) is 14.2. The first-order chi connectivity index (χ1) is 10.1. The summed E-state index contributed by atoms with van der Waals surface area (Å²) in [5.41, 5.74) is 4.20. The predicted molar refractivity (Wildman–Crippen MR) is 90.9 cm³/mol. The van der Waals surface area contributed by atoms with Crippen LogP contribution in [0.4, 0.5) is 0 Å². The molecule has 2 rings (SSSR count). The molecule has 0 spiro atoms. The van der Waals surface area contributed by atoms with Crippen LogP contribution in [0.15, 0.2) is 18.2 Å². The summed E-state index contributed by atoms with van der Waals surface area (Å²) in [6, 6.07) is 7.34. The molecule has 1 heterocycles. The van der Waals surface area contributed by atoms with Gasteiger partial charge in [0.25, 0.3) is 0 Å². The molecule has 21 heavy (non-hydrogen) atoms. The Labute approximate surface area is 130 Å². The number of benzene rings is 1. The Morgan fingerprint density at radius 1 is 1.10 bits per heavy atom. The third-order valence-corrected chi connectivity index (χ3v) is 4.64. The van der Waals surface area contributed by atoms with Crippen LogP contribution < -0.4 is 5.32 Å². The van der Waals surface area contributed by atoms with E-state index in [1.165, 1.54) is 49.3 Å². The Hall–Kier alpha value is -0.900. The molecule has 1 aromatic carbocycles. The first-order valence-electron chi connectivity index (χ1n) is 8.31. The smallest absolute Gasteiger partial charge is 0.0449 e. The Morgan fingerprint density at radius 2 is 1.90 bits per heavy atom. The Morgan fingerprint density at radius 3 is 2.62 bits per heavy atom. The molecule has 0 bridgehead atoms. The van der Waals surface area contributed by atoms with Gasteiger partial charge in [0, 0.05) is 25.7 Å². The topological polar surface area (TPSA) is 18.5 Å². The molecule has 1 aliphatic heterocycles. The fourth-order valence-electron chi connectivity index (χ4n) is 3.06. The van der Waals surface area contributed by atoms with Crippen LogP contribution in [0, 0.1) is 13.8 Å². The van der Waals surface area contributed by atoms with Gasteiger partial charge in [-0.15, -0.1) is 0 Å². The van der Waals surface area contributed by atoms with Crippen molar-refractivity contribution in [3.05, 3.63) is 34.9 Å². The lowest BCUT2D eigenvalue weighted by molar-refractivity contribution is 0.248. The summed E-state index contributed by atoms with van der Waals surface area (Å²) in [6.45, 7) is 13.5. The highest BCUT2D eigenvalue weighted by atomic mass is 15.2. The molecule has 0 aromatic heterocycles. The summed E-state index contributed by atoms with van der Waals surface area (Å²) < 4.78 is 0. The van der Waals surface area contributed by atoms with Gasteiger partial charge in [-0.1, -0.05) is 25.1 Å². The van der Waals surface area contributed by atoms with E-state index in [0.717, 1.165) is 13.1 Å². The van der Waals surface area contributed by atoms with Crippen molar-refractivity contribution in [2.45, 2.75) is 33.2 Å². The standard InChI is InChI=1S/C18H31N3/c1-5-19-18(17-8-7-15(2)16(3)13-17)14-21-10-6-9-20(4)11-12-21/h7-8,13,18-19H,5-6,9-12,14H2,1-4H3. The Balaban J connectivity index is 2.05. The second-order valence-electron chi connectivity index (χ2n) is 6.41. The van der Waals surface area contributed by atoms with E-state index < -0.39 is 0 Å². The van der Waals surface area contributed by atoms with Crippen LogP contribution in [0.5, 0.6) is 0 Å². The summed E-state index contributed by atoms with van der Waals surface area (Å²) in [4.78, 5) is 5.06. The zero-order valence-corrected chi connectivity index (χ0v) is 14.2. The van der Waals surface area contributed by atoms with Crippen molar-refractivity contribution in [1.29, 1.82) is 0 Å². The van der Waals surface area contributed by atoms with Gasteiger partial charge >= 0.3 is 0 Å². The average molecular weight is 289 g/mol. The van der Waals surface area contributed by atoms with Gasteiger partial charge in [-0.05, 0) is 63.6 Å². The zero-order chi connectivity index (χ0) is 15.2. The maximum Gasteiger partial charge on any atom is 0.0449 e. The van der Waals surface area contributed by atoms with Crippen LogP contribution in [-0.4, -0.2) is 56.1 Å². The normalized spacial score (nSPS) is 19.4. The van der Waals surface area contributed by atoms with Crippen LogP contribution in [0.25, 0.3) is 0 Å². The number of nitrogens with zero attached hydrogens (tertiary/aromatic N) is 2. The SMILES string of the molecule is CCNC(CN1CCCN(C)CC1)c1ccc(C)c(C)c1. The Bertz CT molecular complexity index is 444. The summed E-state index contributed by atoms with van der Waals surface area (Å²) >= 11 is 0. The third-order valence-electron chi connectivity index (χ3n) is 4.64. The number of hydrogen-bond acceptors (Lipinski definition) is 3. The van der Waals surface area contributed by atoms with E-state index in [1.54, 1.807) is 0 Å². The molecule has 1 N–H and O–H groups in total. The van der Waals surface area contributed by atoms with Gasteiger partial charge < -0.3 is 15.1 Å². The molecule has 118 valence electrons. The van der Waals surface area contributed by atoms with Crippen molar-refractivity contribution in [2.24, 2.45) is 0 Å². The molecule has 1 unspecified atom stereocenters. The maximum absolute atomic E-state index is 3.67. The minimum atomic E-state index is 0.442. The lowest BCUT2D eigenvalue weighted by atomic mass is 10.0. The van der Waals surface area contributed by atoms with Crippen LogP contribution in [0.2, 0.25) is 0 Å². The average Bonchev–Trinajstić information content (AvgIpc) is 2.66. The maximum atomic E-state index is 3.67. The third kappa shape index (κ3) is 4.80. The summed E-state index contributed by atoms with van der Waals surface area (Å²) in [7, 11) is 2.23. The highest BCUT2D eigenvalue weighted by Crippen LogP contribution is 2.19. The van der Waals surface area contributed by atoms with Crippen molar-refractivity contribution < 1.29 is 0 Å². The predicted octanol–water partition coefficient (Wildman–Crippen LogP) is 2.59. The van der Waals surface area contributed by atoms with E-state index in [4.69, 9.17) is 0 Å². The monoisotopic (exact) mass is 289 g/mol. The summed E-state index contributed by atoms with van der Waals surface area (Å²) in [5.74, 6) is 0. The van der Waals surface area contributed by atoms with Crippen molar-refractivity contribution >= 4 is 0 Å². The fourth-order valence-corrected chi connectivity index (χ4v) is 3.06. The molecular formula is C18H31N3. The molecule has 3 nitrogen and oxygen atoms in total. The van der Waals surface area contributed by atoms with E-state index in [0.29, 0.717) is 6.04 Å². The van der Waals surface area contributed by atoms with Gasteiger partial charge in [0.15, 0.2) is 0 Å². The minimum absolute atomic E-state index is 0.442. The fraction of sp³-hybridized carbons (Fsp3) is 0.667. The van der Waals surface area contributed by atoms with Gasteiger partial charge in [0.1, 0.15) is 0 Å². The van der Waals surface area contributed by atoms with E-state index in [2.05, 4.69) is 61.1 Å². The molecule has 0 radical (unpaired) electrons. The van der Waals surface area contributed by atoms with Crippen molar-refractivity contribution in [3.8, 4) is 0 Å². The lowest BCUT2D eigenvalue weighted by Gasteiger charge is -2.27. The van der Waals surface area contributed by atoms with Crippen LogP contribution in [-0.2, 0) is 0 Å². The second kappa shape index (κ2) is 7.92. The summed E-state index contributed by atoms with van der Waals surface area (Å²) in [6.07, 6.45) is 1.28. The largest absolute Gasteiger partial charge is 0.309 e. The minimum Gasteiger partial charge on any atom is -0.309 e. The van der Waals surface area contributed by atoms with E-state index in [-0.39, 0.29) is 0 Å². The highest BCUT2D eigenvalue weighted by molar-refractivity contribution is 5.32. The number of aryl methyl sites for hydroxylation is 2.